The van der Waals surface area contributed by atoms with Crippen molar-refractivity contribution in [2.45, 2.75) is 25.6 Å². The van der Waals surface area contributed by atoms with Gasteiger partial charge in [-0.2, -0.15) is 0 Å². The first-order chi connectivity index (χ1) is 14.2. The molecule has 1 N–H and O–H groups in total. The molecule has 0 spiro atoms. The largest absolute Gasteiger partial charge is 0.492 e. The van der Waals surface area contributed by atoms with Gasteiger partial charge in [0.1, 0.15) is 30.5 Å². The van der Waals surface area contributed by atoms with Crippen molar-refractivity contribution in [3.63, 3.8) is 0 Å². The van der Waals surface area contributed by atoms with Crippen LogP contribution >= 0.6 is 0 Å². The van der Waals surface area contributed by atoms with E-state index in [2.05, 4.69) is 0 Å². The zero-order valence-electron chi connectivity index (χ0n) is 15.9. The van der Waals surface area contributed by atoms with Gasteiger partial charge in [0, 0.05) is 17.5 Å². The number of ether oxygens (including phenoxy) is 3. The molecule has 0 saturated carbocycles. The van der Waals surface area contributed by atoms with E-state index in [1.807, 2.05) is 72.8 Å². The summed E-state index contributed by atoms with van der Waals surface area (Å²) < 4.78 is 17.4. The Morgan fingerprint density at radius 1 is 0.897 bits per heavy atom. The maximum atomic E-state index is 11.0. The number of carboxylic acids is 1. The average Bonchev–Trinajstić information content (AvgIpc) is 3.13. The summed E-state index contributed by atoms with van der Waals surface area (Å²) in [6, 6.07) is 23.4. The van der Waals surface area contributed by atoms with Crippen LogP contribution in [0.4, 0.5) is 0 Å². The second-order valence-corrected chi connectivity index (χ2v) is 7.02. The molecular formula is C24H22O5. The Balaban J connectivity index is 1.35. The molecule has 29 heavy (non-hydrogen) atoms. The summed E-state index contributed by atoms with van der Waals surface area (Å²) >= 11 is 0. The number of carbonyl (C=O) groups is 1. The first kappa shape index (κ1) is 18.9. The van der Waals surface area contributed by atoms with E-state index in [0.717, 1.165) is 22.4 Å². The summed E-state index contributed by atoms with van der Waals surface area (Å²) in [5, 5.41) is 9.00. The van der Waals surface area contributed by atoms with E-state index >= 15 is 0 Å². The Labute approximate surface area is 169 Å². The van der Waals surface area contributed by atoms with Gasteiger partial charge in [-0.1, -0.05) is 48.5 Å². The van der Waals surface area contributed by atoms with Crippen LogP contribution in [0.1, 0.15) is 29.0 Å². The van der Waals surface area contributed by atoms with Gasteiger partial charge in [-0.05, 0) is 29.3 Å². The summed E-state index contributed by atoms with van der Waals surface area (Å²) in [7, 11) is 0. The Hall–Kier alpha value is -3.47. The maximum absolute atomic E-state index is 11.0. The normalized spacial score (nSPS) is 14.7. The number of aliphatic carboxylic acids is 1. The number of carboxylic acid groups (broad SMARTS) is 1. The van der Waals surface area contributed by atoms with Crippen LogP contribution in [-0.4, -0.2) is 17.7 Å². The zero-order valence-corrected chi connectivity index (χ0v) is 15.9. The van der Waals surface area contributed by atoms with Crippen molar-refractivity contribution in [3.05, 3.63) is 89.5 Å². The van der Waals surface area contributed by atoms with Crippen LogP contribution in [0, 0.1) is 0 Å². The lowest BCUT2D eigenvalue weighted by Gasteiger charge is -2.11. The molecule has 0 saturated heterocycles. The zero-order chi connectivity index (χ0) is 20.1. The van der Waals surface area contributed by atoms with Gasteiger partial charge in [-0.3, -0.25) is 4.79 Å². The quantitative estimate of drug-likeness (QED) is 0.599. The Bertz CT molecular complexity index is 984. The molecule has 1 atom stereocenters. The predicted octanol–water partition coefficient (Wildman–Crippen LogP) is 4.80. The second-order valence-electron chi connectivity index (χ2n) is 7.02. The lowest BCUT2D eigenvalue weighted by molar-refractivity contribution is -0.137. The molecule has 1 aliphatic rings. The highest BCUT2D eigenvalue weighted by Gasteiger charge is 2.26. The van der Waals surface area contributed by atoms with E-state index in [1.165, 1.54) is 0 Å². The van der Waals surface area contributed by atoms with Gasteiger partial charge in [0.25, 0.3) is 0 Å². The minimum atomic E-state index is -0.818. The molecule has 5 heteroatoms. The molecule has 1 heterocycles. The molecule has 148 valence electrons. The average molecular weight is 390 g/mol. The van der Waals surface area contributed by atoms with Crippen molar-refractivity contribution in [2.24, 2.45) is 0 Å². The Morgan fingerprint density at radius 3 is 2.41 bits per heavy atom. The molecule has 0 bridgehead atoms. The van der Waals surface area contributed by atoms with Gasteiger partial charge < -0.3 is 19.3 Å². The van der Waals surface area contributed by atoms with Gasteiger partial charge >= 0.3 is 5.97 Å². The molecule has 1 aliphatic heterocycles. The molecule has 0 fully saturated rings. The van der Waals surface area contributed by atoms with Gasteiger partial charge in [-0.25, -0.2) is 0 Å². The van der Waals surface area contributed by atoms with Crippen LogP contribution in [0.3, 0.4) is 0 Å². The minimum absolute atomic E-state index is 0.0724. The van der Waals surface area contributed by atoms with E-state index in [1.54, 1.807) is 0 Å². The fraction of sp³-hybridized carbons (Fsp3) is 0.208. The van der Waals surface area contributed by atoms with E-state index in [0.29, 0.717) is 31.3 Å². The summed E-state index contributed by atoms with van der Waals surface area (Å²) in [4.78, 5) is 11.0. The van der Waals surface area contributed by atoms with Crippen molar-refractivity contribution in [3.8, 4) is 17.2 Å². The van der Waals surface area contributed by atoms with Crippen molar-refractivity contribution in [1.82, 2.24) is 0 Å². The SMILES string of the molecule is O=C(O)CC1COc2cc(OCc3cccc(OCc4ccccc4)c3)ccc21. The van der Waals surface area contributed by atoms with Crippen LogP contribution in [0.5, 0.6) is 17.2 Å². The highest BCUT2D eigenvalue weighted by molar-refractivity contribution is 5.68. The molecule has 0 aliphatic carbocycles. The van der Waals surface area contributed by atoms with Crippen molar-refractivity contribution in [1.29, 1.82) is 0 Å². The maximum Gasteiger partial charge on any atom is 0.304 e. The molecule has 1 unspecified atom stereocenters. The Morgan fingerprint density at radius 2 is 1.62 bits per heavy atom. The minimum Gasteiger partial charge on any atom is -0.492 e. The smallest absolute Gasteiger partial charge is 0.304 e. The standard InChI is InChI=1S/C24H22O5/c25-24(26)12-19-16-29-23-13-21(9-10-22(19)23)28-15-18-7-4-8-20(11-18)27-14-17-5-2-1-3-6-17/h1-11,13,19H,12,14-16H2,(H,25,26). The summed E-state index contributed by atoms with van der Waals surface area (Å²) in [6.45, 7) is 1.32. The van der Waals surface area contributed by atoms with Crippen LogP contribution in [0.15, 0.2) is 72.8 Å². The predicted molar refractivity (Wildman–Crippen MR) is 108 cm³/mol. The molecule has 0 aromatic heterocycles. The lowest BCUT2D eigenvalue weighted by atomic mass is 9.98. The highest BCUT2D eigenvalue weighted by Crippen LogP contribution is 2.38. The highest BCUT2D eigenvalue weighted by atomic mass is 16.5. The van der Waals surface area contributed by atoms with Gasteiger partial charge in [0.15, 0.2) is 0 Å². The molecular weight excluding hydrogens is 368 g/mol. The van der Waals surface area contributed by atoms with Gasteiger partial charge in [-0.15, -0.1) is 0 Å². The molecule has 4 rings (SSSR count). The monoisotopic (exact) mass is 390 g/mol. The molecule has 3 aromatic carbocycles. The van der Waals surface area contributed by atoms with Crippen LogP contribution in [0.2, 0.25) is 0 Å². The topological polar surface area (TPSA) is 65.0 Å². The molecule has 0 amide bonds. The van der Waals surface area contributed by atoms with Crippen LogP contribution in [-0.2, 0) is 18.0 Å². The molecule has 5 nitrogen and oxygen atoms in total. The second kappa shape index (κ2) is 8.69. The van der Waals surface area contributed by atoms with Crippen molar-refractivity contribution < 1.29 is 24.1 Å². The fourth-order valence-corrected chi connectivity index (χ4v) is 3.36. The van der Waals surface area contributed by atoms with Gasteiger partial charge in [0.2, 0.25) is 0 Å². The number of rotatable bonds is 8. The van der Waals surface area contributed by atoms with E-state index < -0.39 is 5.97 Å². The number of hydrogen-bond donors (Lipinski definition) is 1. The number of hydrogen-bond acceptors (Lipinski definition) is 4. The molecule has 0 radical (unpaired) electrons. The van der Waals surface area contributed by atoms with Gasteiger partial charge in [0.05, 0.1) is 13.0 Å². The van der Waals surface area contributed by atoms with Crippen molar-refractivity contribution in [2.75, 3.05) is 6.61 Å². The summed E-state index contributed by atoms with van der Waals surface area (Å²) in [5.74, 6) is 1.27. The lowest BCUT2D eigenvalue weighted by Crippen LogP contribution is -2.07. The van der Waals surface area contributed by atoms with Crippen molar-refractivity contribution >= 4 is 5.97 Å². The summed E-state index contributed by atoms with van der Waals surface area (Å²) in [6.07, 6.45) is 0.0724. The third-order valence-electron chi connectivity index (χ3n) is 4.84. The van der Waals surface area contributed by atoms with Crippen LogP contribution < -0.4 is 14.2 Å². The Kier molecular flexibility index (Phi) is 5.66. The fourth-order valence-electron chi connectivity index (χ4n) is 3.36. The first-order valence-corrected chi connectivity index (χ1v) is 9.54. The number of benzene rings is 3. The third-order valence-corrected chi connectivity index (χ3v) is 4.84. The van der Waals surface area contributed by atoms with E-state index in [4.69, 9.17) is 19.3 Å². The first-order valence-electron chi connectivity index (χ1n) is 9.54. The number of fused-ring (bicyclic) bond motifs is 1. The summed E-state index contributed by atoms with van der Waals surface area (Å²) in [5.41, 5.74) is 3.05. The van der Waals surface area contributed by atoms with E-state index in [9.17, 15) is 4.79 Å². The van der Waals surface area contributed by atoms with E-state index in [-0.39, 0.29) is 12.3 Å². The third kappa shape index (κ3) is 4.88. The van der Waals surface area contributed by atoms with Crippen LogP contribution in [0.25, 0.3) is 0 Å². The molecule has 3 aromatic rings.